The number of hydrogen-bond acceptors (Lipinski definition) is 2. The van der Waals surface area contributed by atoms with Crippen molar-refractivity contribution in [2.45, 2.75) is 90.0 Å². The lowest BCUT2D eigenvalue weighted by molar-refractivity contribution is -0.145. The fourth-order valence-electron chi connectivity index (χ4n) is 2.17. The molecule has 138 valence electrons. The molecule has 1 atom stereocenters. The van der Waals surface area contributed by atoms with Gasteiger partial charge in [0.15, 0.2) is 5.56 Å². The highest BCUT2D eigenvalue weighted by Crippen LogP contribution is 2.10. The molecule has 0 bridgehead atoms. The largest absolute Gasteiger partial charge is 0.446 e. The fraction of sp³-hybridized carbons (Fsp3) is 0.667. The fourth-order valence-corrected chi connectivity index (χ4v) is 2.27. The standard InChI is InChI=1S/C21H35ClO2/c1-3-5-6-7-8-9-10-11-12-13-14-15-16-17-18-19-21(23)24-20(22)4-2/h5-6,8-9,11-12,20H,3-4,7,10,13-19H2,1-2H3/b6-5+,9-8+,12-11+. The number of allylic oxidation sites excluding steroid dienone is 6. The van der Waals surface area contributed by atoms with Crippen molar-refractivity contribution >= 4 is 17.6 Å². The van der Waals surface area contributed by atoms with E-state index in [4.69, 9.17) is 16.3 Å². The first kappa shape index (κ1) is 23.0. The molecule has 0 aliphatic rings. The van der Waals surface area contributed by atoms with Crippen LogP contribution < -0.4 is 0 Å². The van der Waals surface area contributed by atoms with Gasteiger partial charge in [-0.2, -0.15) is 0 Å². The van der Waals surface area contributed by atoms with E-state index in [1.807, 2.05) is 6.92 Å². The van der Waals surface area contributed by atoms with E-state index in [-0.39, 0.29) is 5.97 Å². The maximum atomic E-state index is 11.4. The van der Waals surface area contributed by atoms with Crippen LogP contribution in [0, 0.1) is 0 Å². The zero-order valence-electron chi connectivity index (χ0n) is 15.5. The molecule has 24 heavy (non-hydrogen) atoms. The van der Waals surface area contributed by atoms with Crippen molar-refractivity contribution in [2.24, 2.45) is 0 Å². The molecular formula is C21H35ClO2. The van der Waals surface area contributed by atoms with E-state index < -0.39 is 5.56 Å². The highest BCUT2D eigenvalue weighted by Gasteiger charge is 2.08. The molecule has 0 saturated heterocycles. The summed E-state index contributed by atoms with van der Waals surface area (Å²) in [7, 11) is 0. The Morgan fingerprint density at radius 1 is 0.875 bits per heavy atom. The molecule has 0 aromatic carbocycles. The van der Waals surface area contributed by atoms with Gasteiger partial charge in [-0.25, -0.2) is 0 Å². The highest BCUT2D eigenvalue weighted by molar-refractivity contribution is 6.20. The summed E-state index contributed by atoms with van der Waals surface area (Å²) in [6, 6.07) is 0. The predicted molar refractivity (Wildman–Crippen MR) is 105 cm³/mol. The second kappa shape index (κ2) is 18.3. The van der Waals surface area contributed by atoms with Crippen LogP contribution in [0.5, 0.6) is 0 Å². The van der Waals surface area contributed by atoms with E-state index in [2.05, 4.69) is 43.4 Å². The summed E-state index contributed by atoms with van der Waals surface area (Å²) >= 11 is 5.77. The molecule has 0 spiro atoms. The number of unbranched alkanes of at least 4 members (excludes halogenated alkanes) is 5. The molecule has 0 aromatic heterocycles. The Bertz CT molecular complexity index is 372. The molecule has 0 heterocycles. The highest BCUT2D eigenvalue weighted by atomic mass is 35.5. The van der Waals surface area contributed by atoms with Gasteiger partial charge in [0.1, 0.15) is 0 Å². The number of hydrogen-bond donors (Lipinski definition) is 0. The molecule has 0 aromatic rings. The Labute approximate surface area is 154 Å². The summed E-state index contributed by atoms with van der Waals surface area (Å²) in [5.41, 5.74) is -0.466. The van der Waals surface area contributed by atoms with Gasteiger partial charge in [-0.05, 0) is 44.9 Å². The van der Waals surface area contributed by atoms with E-state index in [0.29, 0.717) is 12.8 Å². The third-order valence-corrected chi connectivity index (χ3v) is 4.01. The minimum Gasteiger partial charge on any atom is -0.446 e. The molecule has 0 radical (unpaired) electrons. The van der Waals surface area contributed by atoms with Gasteiger partial charge in [-0.1, -0.05) is 81.2 Å². The first-order valence-corrected chi connectivity index (χ1v) is 9.92. The van der Waals surface area contributed by atoms with Crippen molar-refractivity contribution in [3.63, 3.8) is 0 Å². The monoisotopic (exact) mass is 354 g/mol. The first-order valence-electron chi connectivity index (χ1n) is 9.49. The molecule has 2 nitrogen and oxygen atoms in total. The zero-order valence-corrected chi connectivity index (χ0v) is 16.3. The van der Waals surface area contributed by atoms with Crippen molar-refractivity contribution in [3.8, 4) is 0 Å². The number of esters is 1. The normalized spacial score (nSPS) is 13.3. The number of rotatable bonds is 15. The number of carbonyl (C=O) groups is 1. The van der Waals surface area contributed by atoms with Crippen molar-refractivity contribution in [2.75, 3.05) is 0 Å². The summed E-state index contributed by atoms with van der Waals surface area (Å²) in [6.07, 6.45) is 24.5. The first-order chi connectivity index (χ1) is 11.7. The molecule has 0 aliphatic carbocycles. The van der Waals surface area contributed by atoms with E-state index in [9.17, 15) is 4.79 Å². The van der Waals surface area contributed by atoms with Crippen molar-refractivity contribution in [3.05, 3.63) is 36.5 Å². The van der Waals surface area contributed by atoms with Crippen LogP contribution >= 0.6 is 11.6 Å². The zero-order chi connectivity index (χ0) is 17.9. The van der Waals surface area contributed by atoms with Crippen LogP contribution in [-0.4, -0.2) is 11.5 Å². The van der Waals surface area contributed by atoms with Crippen LogP contribution in [0.25, 0.3) is 0 Å². The van der Waals surface area contributed by atoms with E-state index >= 15 is 0 Å². The maximum absolute atomic E-state index is 11.4. The third kappa shape index (κ3) is 17.3. The summed E-state index contributed by atoms with van der Waals surface area (Å²) in [4.78, 5) is 11.4. The smallest absolute Gasteiger partial charge is 0.307 e. The van der Waals surface area contributed by atoms with E-state index in [0.717, 1.165) is 38.5 Å². The van der Waals surface area contributed by atoms with Gasteiger partial charge in [-0.3, -0.25) is 4.79 Å². The number of carbonyl (C=O) groups excluding carboxylic acids is 1. The number of halogens is 1. The molecule has 0 fully saturated rings. The van der Waals surface area contributed by atoms with Crippen molar-refractivity contribution in [1.29, 1.82) is 0 Å². The Morgan fingerprint density at radius 2 is 1.46 bits per heavy atom. The minimum atomic E-state index is -0.466. The molecule has 0 aliphatic heterocycles. The Morgan fingerprint density at radius 3 is 2.12 bits per heavy atom. The molecule has 0 amide bonds. The van der Waals surface area contributed by atoms with Crippen LogP contribution in [0.15, 0.2) is 36.5 Å². The minimum absolute atomic E-state index is 0.168. The summed E-state index contributed by atoms with van der Waals surface area (Å²) < 4.78 is 5.03. The van der Waals surface area contributed by atoms with Crippen LogP contribution in [0.2, 0.25) is 0 Å². The van der Waals surface area contributed by atoms with Gasteiger partial charge in [0.25, 0.3) is 0 Å². The van der Waals surface area contributed by atoms with Crippen molar-refractivity contribution < 1.29 is 9.53 Å². The topological polar surface area (TPSA) is 26.3 Å². The predicted octanol–water partition coefficient (Wildman–Crippen LogP) is 7.09. The average molecular weight is 355 g/mol. The second-order valence-corrected chi connectivity index (χ2v) is 6.40. The van der Waals surface area contributed by atoms with Gasteiger partial charge in [-0.15, -0.1) is 0 Å². The molecule has 0 N–H and O–H groups in total. The lowest BCUT2D eigenvalue weighted by atomic mass is 10.1. The quantitative estimate of drug-likeness (QED) is 0.136. The van der Waals surface area contributed by atoms with E-state index in [1.165, 1.54) is 19.3 Å². The molecule has 0 rings (SSSR count). The summed E-state index contributed by atoms with van der Waals surface area (Å²) in [6.45, 7) is 4.06. The lowest BCUT2D eigenvalue weighted by Gasteiger charge is -2.08. The van der Waals surface area contributed by atoms with Gasteiger partial charge in [0, 0.05) is 6.42 Å². The molecular weight excluding hydrogens is 320 g/mol. The maximum Gasteiger partial charge on any atom is 0.307 e. The van der Waals surface area contributed by atoms with Crippen LogP contribution in [0.3, 0.4) is 0 Å². The molecule has 0 saturated carbocycles. The van der Waals surface area contributed by atoms with E-state index in [1.54, 1.807) is 0 Å². The number of alkyl halides is 1. The number of ether oxygens (including phenoxy) is 1. The van der Waals surface area contributed by atoms with Gasteiger partial charge in [0.05, 0.1) is 0 Å². The summed E-state index contributed by atoms with van der Waals surface area (Å²) in [5.74, 6) is -0.168. The lowest BCUT2D eigenvalue weighted by Crippen LogP contribution is -2.11. The Hall–Kier alpha value is -1.02. The Kier molecular flexibility index (Phi) is 17.5. The van der Waals surface area contributed by atoms with Crippen LogP contribution in [0.1, 0.15) is 84.5 Å². The van der Waals surface area contributed by atoms with Gasteiger partial charge in [0.2, 0.25) is 0 Å². The van der Waals surface area contributed by atoms with Gasteiger partial charge < -0.3 is 4.74 Å². The van der Waals surface area contributed by atoms with Crippen LogP contribution in [0.4, 0.5) is 0 Å². The van der Waals surface area contributed by atoms with Crippen molar-refractivity contribution in [1.82, 2.24) is 0 Å². The molecule has 3 heteroatoms. The Balaban J connectivity index is 3.34. The van der Waals surface area contributed by atoms with Crippen LogP contribution in [-0.2, 0) is 9.53 Å². The van der Waals surface area contributed by atoms with Gasteiger partial charge >= 0.3 is 5.97 Å². The molecule has 1 unspecified atom stereocenters. The third-order valence-electron chi connectivity index (χ3n) is 3.61. The SMILES string of the molecule is CC/C=C/C/C=C/C/C=C/CCCCCCCC(=O)OC(Cl)CC. The average Bonchev–Trinajstić information content (AvgIpc) is 2.58. The summed E-state index contributed by atoms with van der Waals surface area (Å²) in [5, 5.41) is 0. The second-order valence-electron chi connectivity index (χ2n) is 5.91.